The van der Waals surface area contributed by atoms with Crippen LogP contribution in [0.4, 0.5) is 5.69 Å². The number of nitrogens with two attached hydrogens (primary N) is 1. The predicted molar refractivity (Wildman–Crippen MR) is 82.6 cm³/mol. The lowest BCUT2D eigenvalue weighted by atomic mass is 10.2. The summed E-state index contributed by atoms with van der Waals surface area (Å²) >= 11 is 0. The van der Waals surface area contributed by atoms with E-state index in [1.54, 1.807) is 4.90 Å². The monoisotopic (exact) mass is 275 g/mol. The molecule has 2 rings (SSSR count). The number of carbonyl (C=O) groups is 1. The lowest BCUT2D eigenvalue weighted by Gasteiger charge is -2.25. The number of anilines is 1. The molecular formula is C16H25N3O. The van der Waals surface area contributed by atoms with E-state index in [0.717, 1.165) is 18.5 Å². The molecule has 20 heavy (non-hydrogen) atoms. The van der Waals surface area contributed by atoms with Crippen LogP contribution >= 0.6 is 0 Å². The maximum absolute atomic E-state index is 11.6. The van der Waals surface area contributed by atoms with Crippen LogP contribution in [0.15, 0.2) is 24.3 Å². The molecule has 0 radical (unpaired) electrons. The Kier molecular flexibility index (Phi) is 5.01. The molecule has 110 valence electrons. The second-order valence-corrected chi connectivity index (χ2v) is 5.69. The van der Waals surface area contributed by atoms with Crippen LogP contribution in [0.2, 0.25) is 0 Å². The largest absolute Gasteiger partial charge is 0.369 e. The molecule has 1 amide bonds. The Morgan fingerprint density at radius 3 is 2.40 bits per heavy atom. The summed E-state index contributed by atoms with van der Waals surface area (Å²) in [5.74, 6) is 0.208. The first-order valence-electron chi connectivity index (χ1n) is 7.37. The minimum atomic E-state index is 0.208. The van der Waals surface area contributed by atoms with Crippen LogP contribution in [0, 0.1) is 0 Å². The molecule has 0 spiro atoms. The topological polar surface area (TPSA) is 49.6 Å². The van der Waals surface area contributed by atoms with E-state index in [1.165, 1.54) is 18.5 Å². The number of carbonyl (C=O) groups excluding carboxylic acids is 1. The molecule has 1 aliphatic rings. The van der Waals surface area contributed by atoms with Gasteiger partial charge in [-0.05, 0) is 37.0 Å². The molecule has 1 aliphatic carbocycles. The zero-order chi connectivity index (χ0) is 14.5. The van der Waals surface area contributed by atoms with Gasteiger partial charge in [0.1, 0.15) is 0 Å². The second kappa shape index (κ2) is 6.75. The van der Waals surface area contributed by atoms with Crippen LogP contribution in [0.1, 0.15) is 31.2 Å². The fourth-order valence-electron chi connectivity index (χ4n) is 2.36. The van der Waals surface area contributed by atoms with Gasteiger partial charge in [-0.2, -0.15) is 0 Å². The minimum Gasteiger partial charge on any atom is -0.369 e. The molecule has 0 unspecified atom stereocenters. The van der Waals surface area contributed by atoms with E-state index in [-0.39, 0.29) is 5.91 Å². The molecule has 0 bridgehead atoms. The van der Waals surface area contributed by atoms with Crippen LogP contribution in [-0.2, 0) is 11.3 Å². The zero-order valence-electron chi connectivity index (χ0n) is 12.5. The van der Waals surface area contributed by atoms with Crippen LogP contribution < -0.4 is 10.6 Å². The Morgan fingerprint density at radius 2 is 1.90 bits per heavy atom. The van der Waals surface area contributed by atoms with Gasteiger partial charge in [-0.3, -0.25) is 4.79 Å². The highest BCUT2D eigenvalue weighted by Gasteiger charge is 2.28. The van der Waals surface area contributed by atoms with E-state index < -0.39 is 0 Å². The van der Waals surface area contributed by atoms with Crippen molar-refractivity contribution in [3.05, 3.63) is 29.8 Å². The summed E-state index contributed by atoms with van der Waals surface area (Å²) in [4.78, 5) is 15.7. The van der Waals surface area contributed by atoms with Gasteiger partial charge in [0, 0.05) is 45.3 Å². The molecule has 1 saturated carbocycles. The average molecular weight is 275 g/mol. The first-order valence-corrected chi connectivity index (χ1v) is 7.37. The molecule has 0 heterocycles. The van der Waals surface area contributed by atoms with Crippen molar-refractivity contribution in [2.75, 3.05) is 25.5 Å². The summed E-state index contributed by atoms with van der Waals surface area (Å²) in [6.45, 7) is 1.53. The third-order valence-corrected chi connectivity index (χ3v) is 3.78. The Balaban J connectivity index is 1.91. The molecule has 0 saturated heterocycles. The van der Waals surface area contributed by atoms with Crippen molar-refractivity contribution in [3.8, 4) is 0 Å². The highest BCUT2D eigenvalue weighted by Crippen LogP contribution is 2.32. The Labute approximate surface area is 121 Å². The Morgan fingerprint density at radius 1 is 1.25 bits per heavy atom. The molecule has 1 aromatic rings. The fourth-order valence-corrected chi connectivity index (χ4v) is 2.36. The Hall–Kier alpha value is -1.55. The van der Waals surface area contributed by atoms with E-state index in [9.17, 15) is 4.79 Å². The van der Waals surface area contributed by atoms with Crippen molar-refractivity contribution in [2.24, 2.45) is 5.73 Å². The van der Waals surface area contributed by atoms with Crippen molar-refractivity contribution >= 4 is 11.6 Å². The molecule has 0 atom stereocenters. The smallest absolute Gasteiger partial charge is 0.222 e. The van der Waals surface area contributed by atoms with Gasteiger partial charge >= 0.3 is 0 Å². The minimum absolute atomic E-state index is 0.208. The number of rotatable bonds is 7. The molecule has 4 nitrogen and oxygen atoms in total. The lowest BCUT2D eigenvalue weighted by molar-refractivity contribution is -0.128. The first kappa shape index (κ1) is 14.9. The summed E-state index contributed by atoms with van der Waals surface area (Å²) in [6.07, 6.45) is 4.06. The van der Waals surface area contributed by atoms with Crippen LogP contribution in [0.25, 0.3) is 0 Å². The van der Waals surface area contributed by atoms with Crippen molar-refractivity contribution < 1.29 is 4.79 Å². The van der Waals surface area contributed by atoms with Gasteiger partial charge in [0.2, 0.25) is 5.91 Å². The predicted octanol–water partition coefficient (Wildman–Crippen LogP) is 1.98. The highest BCUT2D eigenvalue weighted by atomic mass is 16.2. The van der Waals surface area contributed by atoms with Gasteiger partial charge in [-0.15, -0.1) is 0 Å². The van der Waals surface area contributed by atoms with Crippen LogP contribution in [-0.4, -0.2) is 37.5 Å². The van der Waals surface area contributed by atoms with Crippen molar-refractivity contribution in [1.29, 1.82) is 0 Å². The van der Waals surface area contributed by atoms with E-state index in [1.807, 2.05) is 14.1 Å². The molecule has 2 N–H and O–H groups in total. The summed E-state index contributed by atoms with van der Waals surface area (Å²) in [7, 11) is 3.62. The SMILES string of the molecule is CN(C)C(=O)CCCN(c1ccc(CN)cc1)C1CC1. The van der Waals surface area contributed by atoms with Gasteiger partial charge in [-0.1, -0.05) is 12.1 Å². The molecule has 0 aliphatic heterocycles. The van der Waals surface area contributed by atoms with Crippen molar-refractivity contribution in [3.63, 3.8) is 0 Å². The quantitative estimate of drug-likeness (QED) is 0.828. The maximum atomic E-state index is 11.6. The highest BCUT2D eigenvalue weighted by molar-refractivity contribution is 5.75. The van der Waals surface area contributed by atoms with Crippen LogP contribution in [0.5, 0.6) is 0 Å². The molecule has 0 aromatic heterocycles. The average Bonchev–Trinajstić information content (AvgIpc) is 3.28. The molecular weight excluding hydrogens is 250 g/mol. The normalized spacial score (nSPS) is 14.2. The van der Waals surface area contributed by atoms with E-state index in [0.29, 0.717) is 19.0 Å². The third-order valence-electron chi connectivity index (χ3n) is 3.78. The number of benzene rings is 1. The molecule has 1 aromatic carbocycles. The van der Waals surface area contributed by atoms with E-state index in [2.05, 4.69) is 29.2 Å². The maximum Gasteiger partial charge on any atom is 0.222 e. The van der Waals surface area contributed by atoms with Crippen molar-refractivity contribution in [2.45, 2.75) is 38.3 Å². The van der Waals surface area contributed by atoms with Gasteiger partial charge in [0.25, 0.3) is 0 Å². The summed E-state index contributed by atoms with van der Waals surface area (Å²) in [5, 5.41) is 0. The van der Waals surface area contributed by atoms with Crippen LogP contribution in [0.3, 0.4) is 0 Å². The summed E-state index contributed by atoms with van der Waals surface area (Å²) in [5.41, 5.74) is 8.05. The number of hydrogen-bond acceptors (Lipinski definition) is 3. The third kappa shape index (κ3) is 3.97. The summed E-state index contributed by atoms with van der Waals surface area (Å²) in [6, 6.07) is 9.14. The van der Waals surface area contributed by atoms with E-state index in [4.69, 9.17) is 5.73 Å². The Bertz CT molecular complexity index is 438. The van der Waals surface area contributed by atoms with Gasteiger partial charge in [0.05, 0.1) is 0 Å². The first-order chi connectivity index (χ1) is 9.61. The van der Waals surface area contributed by atoms with Gasteiger partial charge in [-0.25, -0.2) is 0 Å². The second-order valence-electron chi connectivity index (χ2n) is 5.69. The van der Waals surface area contributed by atoms with E-state index >= 15 is 0 Å². The molecule has 1 fully saturated rings. The fraction of sp³-hybridized carbons (Fsp3) is 0.562. The van der Waals surface area contributed by atoms with Crippen molar-refractivity contribution in [1.82, 2.24) is 4.90 Å². The standard InChI is InChI=1S/C16H25N3O/c1-18(2)16(20)4-3-11-19(15-9-10-15)14-7-5-13(12-17)6-8-14/h5-8,15H,3-4,9-12,17H2,1-2H3. The zero-order valence-corrected chi connectivity index (χ0v) is 12.5. The lowest BCUT2D eigenvalue weighted by Crippen LogP contribution is -2.28. The molecule has 4 heteroatoms. The van der Waals surface area contributed by atoms with Gasteiger partial charge in [0.15, 0.2) is 0 Å². The number of nitrogens with zero attached hydrogens (tertiary/aromatic N) is 2. The summed E-state index contributed by atoms with van der Waals surface area (Å²) < 4.78 is 0. The van der Waals surface area contributed by atoms with Gasteiger partial charge < -0.3 is 15.5 Å². The number of amides is 1. The number of hydrogen-bond donors (Lipinski definition) is 1.